The molecule has 0 atom stereocenters. The van der Waals surface area contributed by atoms with Crippen LogP contribution in [0.4, 0.5) is 5.69 Å². The Morgan fingerprint density at radius 3 is 2.42 bits per heavy atom. The Bertz CT molecular complexity index is 1220. The number of ether oxygens (including phenoxy) is 1. The van der Waals surface area contributed by atoms with Gasteiger partial charge in [-0.25, -0.2) is 13.4 Å². The maximum absolute atomic E-state index is 12.8. The van der Waals surface area contributed by atoms with Crippen LogP contribution in [-0.2, 0) is 14.6 Å². The lowest BCUT2D eigenvalue weighted by molar-refractivity contribution is -0.113. The number of rotatable bonds is 8. The maximum Gasteiger partial charge on any atom is 0.270 e. The number of hydrogen-bond donors (Lipinski definition) is 2. The fourth-order valence-electron chi connectivity index (χ4n) is 2.61. The van der Waals surface area contributed by atoms with E-state index in [1.54, 1.807) is 12.1 Å². The van der Waals surface area contributed by atoms with Crippen LogP contribution in [0.1, 0.15) is 12.5 Å². The molecular formula is C21H21N3O5S2. The molecule has 1 heterocycles. The van der Waals surface area contributed by atoms with Crippen molar-refractivity contribution in [3.05, 3.63) is 70.6 Å². The lowest BCUT2D eigenvalue weighted by atomic mass is 10.2. The Balaban J connectivity index is 1.68. The number of aryl methyl sites for hydroxylation is 1. The van der Waals surface area contributed by atoms with Gasteiger partial charge < -0.3 is 15.0 Å². The summed E-state index contributed by atoms with van der Waals surface area (Å²) >= 11 is 0.998. The summed E-state index contributed by atoms with van der Waals surface area (Å²) in [6, 6.07) is 13.1. The molecule has 2 N–H and O–H groups in total. The molecular weight excluding hydrogens is 438 g/mol. The van der Waals surface area contributed by atoms with E-state index in [0.717, 1.165) is 23.5 Å². The Hall–Kier alpha value is -3.11. The number of aromatic amines is 1. The van der Waals surface area contributed by atoms with Gasteiger partial charge in [0.1, 0.15) is 5.75 Å². The van der Waals surface area contributed by atoms with Crippen molar-refractivity contribution in [2.45, 2.75) is 28.8 Å². The van der Waals surface area contributed by atoms with Gasteiger partial charge in [0.05, 0.1) is 23.5 Å². The number of sulfone groups is 1. The monoisotopic (exact) mass is 459 g/mol. The van der Waals surface area contributed by atoms with Gasteiger partial charge in [0.2, 0.25) is 15.7 Å². The van der Waals surface area contributed by atoms with Crippen LogP contribution in [0.15, 0.2) is 74.5 Å². The van der Waals surface area contributed by atoms with Crippen LogP contribution >= 0.6 is 11.8 Å². The fourth-order valence-corrected chi connectivity index (χ4v) is 4.48. The molecule has 0 radical (unpaired) electrons. The number of carbonyl (C=O) groups is 1. The van der Waals surface area contributed by atoms with E-state index < -0.39 is 20.3 Å². The first-order valence-electron chi connectivity index (χ1n) is 9.36. The molecule has 1 amide bonds. The topological polar surface area (TPSA) is 118 Å². The normalized spacial score (nSPS) is 11.2. The Morgan fingerprint density at radius 1 is 1.13 bits per heavy atom. The first kappa shape index (κ1) is 22.6. The zero-order valence-corrected chi connectivity index (χ0v) is 18.5. The van der Waals surface area contributed by atoms with Gasteiger partial charge in [0, 0.05) is 5.69 Å². The minimum atomic E-state index is -4.04. The van der Waals surface area contributed by atoms with Crippen molar-refractivity contribution in [1.82, 2.24) is 9.97 Å². The summed E-state index contributed by atoms with van der Waals surface area (Å²) in [7, 11) is -4.04. The van der Waals surface area contributed by atoms with Gasteiger partial charge in [0.15, 0.2) is 10.1 Å². The molecule has 0 saturated heterocycles. The van der Waals surface area contributed by atoms with E-state index in [4.69, 9.17) is 4.74 Å². The highest BCUT2D eigenvalue weighted by Gasteiger charge is 2.22. The third-order valence-electron chi connectivity index (χ3n) is 4.15. The van der Waals surface area contributed by atoms with Gasteiger partial charge in [0.25, 0.3) is 5.56 Å². The quantitative estimate of drug-likeness (QED) is 0.393. The van der Waals surface area contributed by atoms with Crippen molar-refractivity contribution < 1.29 is 17.9 Å². The molecule has 1 aromatic heterocycles. The van der Waals surface area contributed by atoms with Gasteiger partial charge in [-0.3, -0.25) is 9.59 Å². The smallest absolute Gasteiger partial charge is 0.270 e. The number of anilines is 1. The van der Waals surface area contributed by atoms with Crippen LogP contribution in [0.5, 0.6) is 5.75 Å². The molecule has 0 aliphatic rings. The third-order valence-corrected chi connectivity index (χ3v) is 6.80. The number of thioether (sulfide) groups is 1. The average Bonchev–Trinajstić information content (AvgIpc) is 2.74. The zero-order valence-electron chi connectivity index (χ0n) is 16.9. The van der Waals surface area contributed by atoms with Crippen LogP contribution < -0.4 is 15.6 Å². The average molecular weight is 460 g/mol. The molecule has 8 nitrogen and oxygen atoms in total. The first-order chi connectivity index (χ1) is 14.8. The largest absolute Gasteiger partial charge is 0.494 e. The molecule has 0 aliphatic carbocycles. The summed E-state index contributed by atoms with van der Waals surface area (Å²) in [6.45, 7) is 4.22. The predicted molar refractivity (Wildman–Crippen MR) is 118 cm³/mol. The number of aromatic nitrogens is 2. The second-order valence-corrected chi connectivity index (χ2v) is 9.37. The Morgan fingerprint density at radius 2 is 1.81 bits per heavy atom. The highest BCUT2D eigenvalue weighted by molar-refractivity contribution is 7.99. The van der Waals surface area contributed by atoms with Crippen molar-refractivity contribution in [1.29, 1.82) is 0 Å². The van der Waals surface area contributed by atoms with E-state index in [0.29, 0.717) is 18.0 Å². The number of carbonyl (C=O) groups excluding carboxylic acids is 1. The van der Waals surface area contributed by atoms with Crippen LogP contribution in [0.25, 0.3) is 0 Å². The fraction of sp³-hybridized carbons (Fsp3) is 0.190. The Kier molecular flexibility index (Phi) is 7.13. The van der Waals surface area contributed by atoms with E-state index in [1.807, 2.05) is 26.0 Å². The summed E-state index contributed by atoms with van der Waals surface area (Å²) in [5.41, 5.74) is 0.939. The van der Waals surface area contributed by atoms with Crippen LogP contribution in [0.2, 0.25) is 0 Å². The second-order valence-electron chi connectivity index (χ2n) is 6.49. The number of hydrogen-bond acceptors (Lipinski definition) is 7. The molecule has 10 heteroatoms. The highest BCUT2D eigenvalue weighted by Crippen LogP contribution is 2.21. The number of H-pyrrole nitrogens is 1. The van der Waals surface area contributed by atoms with Crippen molar-refractivity contribution in [2.24, 2.45) is 0 Å². The van der Waals surface area contributed by atoms with Crippen molar-refractivity contribution in [2.75, 3.05) is 17.7 Å². The zero-order chi connectivity index (χ0) is 22.4. The van der Waals surface area contributed by atoms with E-state index in [9.17, 15) is 18.0 Å². The summed E-state index contributed by atoms with van der Waals surface area (Å²) in [5, 5.41) is 2.89. The standard InChI is InChI=1S/C21H21N3O5S2/c1-3-29-16-8-10-17(11-9-16)31(27,28)18-12-22-21(24-20(18)26)30-13-19(25)23-15-6-4-14(2)5-7-15/h4-12H,3,13H2,1-2H3,(H,23,25)(H,22,24,26). The van der Waals surface area contributed by atoms with Crippen LogP contribution in [0.3, 0.4) is 0 Å². The van der Waals surface area contributed by atoms with E-state index in [-0.39, 0.29) is 21.7 Å². The molecule has 0 spiro atoms. The molecule has 0 saturated carbocycles. The molecule has 162 valence electrons. The molecule has 2 aromatic carbocycles. The van der Waals surface area contributed by atoms with Gasteiger partial charge in [-0.05, 0) is 50.2 Å². The minimum Gasteiger partial charge on any atom is -0.494 e. The van der Waals surface area contributed by atoms with Gasteiger partial charge in [-0.2, -0.15) is 0 Å². The molecule has 0 bridgehead atoms. The van der Waals surface area contributed by atoms with E-state index >= 15 is 0 Å². The van der Waals surface area contributed by atoms with Crippen molar-refractivity contribution in [3.8, 4) is 5.75 Å². The van der Waals surface area contributed by atoms with Gasteiger partial charge >= 0.3 is 0 Å². The van der Waals surface area contributed by atoms with Crippen LogP contribution in [-0.4, -0.2) is 36.7 Å². The number of nitrogens with one attached hydrogen (secondary N) is 2. The molecule has 0 aliphatic heterocycles. The lowest BCUT2D eigenvalue weighted by Gasteiger charge is -2.07. The predicted octanol–water partition coefficient (Wildman–Crippen LogP) is 3.04. The lowest BCUT2D eigenvalue weighted by Crippen LogP contribution is -2.20. The maximum atomic E-state index is 12.8. The summed E-state index contributed by atoms with van der Waals surface area (Å²) < 4.78 is 30.8. The SMILES string of the molecule is CCOc1ccc(S(=O)(=O)c2cnc(SCC(=O)Nc3ccc(C)cc3)[nH]c2=O)cc1. The van der Waals surface area contributed by atoms with Crippen molar-refractivity contribution in [3.63, 3.8) is 0 Å². The summed E-state index contributed by atoms with van der Waals surface area (Å²) in [4.78, 5) is 30.4. The molecule has 3 aromatic rings. The van der Waals surface area contributed by atoms with Gasteiger partial charge in [-0.15, -0.1) is 0 Å². The molecule has 0 fully saturated rings. The summed E-state index contributed by atoms with van der Waals surface area (Å²) in [6.07, 6.45) is 1.00. The number of nitrogens with zero attached hydrogens (tertiary/aromatic N) is 1. The highest BCUT2D eigenvalue weighted by atomic mass is 32.2. The number of amides is 1. The first-order valence-corrected chi connectivity index (χ1v) is 11.8. The second kappa shape index (κ2) is 9.80. The molecule has 31 heavy (non-hydrogen) atoms. The number of benzene rings is 2. The minimum absolute atomic E-state index is 0.00179. The summed E-state index contributed by atoms with van der Waals surface area (Å²) in [5.74, 6) is 0.258. The van der Waals surface area contributed by atoms with Gasteiger partial charge in [-0.1, -0.05) is 29.5 Å². The van der Waals surface area contributed by atoms with Crippen molar-refractivity contribution >= 4 is 33.2 Å². The third kappa shape index (κ3) is 5.74. The van der Waals surface area contributed by atoms with E-state index in [2.05, 4.69) is 15.3 Å². The van der Waals surface area contributed by atoms with Crippen LogP contribution in [0, 0.1) is 6.92 Å². The molecule has 0 unspecified atom stereocenters. The van der Waals surface area contributed by atoms with E-state index in [1.165, 1.54) is 24.3 Å². The Labute approximate surface area is 184 Å². The molecule has 3 rings (SSSR count).